The number of aliphatic carboxylic acids is 1. The topological polar surface area (TPSA) is 165 Å². The molecule has 5 atom stereocenters. The van der Waals surface area contributed by atoms with E-state index in [2.05, 4.69) is 10.6 Å². The van der Waals surface area contributed by atoms with E-state index in [0.29, 0.717) is 30.0 Å². The Morgan fingerprint density at radius 2 is 1.80 bits per heavy atom. The number of hydrogen-bond donors (Lipinski definition) is 3. The number of carboxylic acids is 1. The lowest BCUT2D eigenvalue weighted by Crippen LogP contribution is -2.56. The summed E-state index contributed by atoms with van der Waals surface area (Å²) in [7, 11) is 1.60. The molecule has 3 aliphatic rings. The second-order valence-electron chi connectivity index (χ2n) is 14.2. The molecule has 3 N–H and O–H groups in total. The van der Waals surface area contributed by atoms with Gasteiger partial charge < -0.3 is 30.1 Å². The number of hydrogen-bond acceptors (Lipinski definition) is 9. The highest BCUT2D eigenvalue weighted by atomic mass is 32.1. The maximum Gasteiger partial charge on any atom is 0.408 e. The molecular weight excluding hydrogens is 660 g/mol. The Bertz CT molecular complexity index is 1750. The van der Waals surface area contributed by atoms with E-state index in [1.165, 1.54) is 16.2 Å². The molecule has 2 fully saturated rings. The van der Waals surface area contributed by atoms with Crippen molar-refractivity contribution in [1.29, 1.82) is 0 Å². The molecule has 1 saturated carbocycles. The van der Waals surface area contributed by atoms with Crippen LogP contribution >= 0.6 is 11.3 Å². The monoisotopic (exact) mass is 704 g/mol. The van der Waals surface area contributed by atoms with Crippen molar-refractivity contribution in [3.63, 3.8) is 0 Å². The first-order valence-corrected chi connectivity index (χ1v) is 18.0. The van der Waals surface area contributed by atoms with Gasteiger partial charge in [-0.3, -0.25) is 9.59 Å². The van der Waals surface area contributed by atoms with Crippen LogP contribution in [0.25, 0.3) is 22.5 Å². The first-order chi connectivity index (χ1) is 23.9. The average molecular weight is 705 g/mol. The Hall–Kier alpha value is -4.72. The number of allylic oxidation sites excluding steroid dienone is 1. The van der Waals surface area contributed by atoms with E-state index in [1.807, 2.05) is 53.2 Å². The molecule has 13 nitrogen and oxygen atoms in total. The minimum Gasteiger partial charge on any atom is -0.497 e. The average Bonchev–Trinajstić information content (AvgIpc) is 3.52. The number of aromatic nitrogens is 3. The molecule has 0 spiro atoms. The second kappa shape index (κ2) is 14.3. The number of nitrogens with zero attached hydrogens (tertiary/aromatic N) is 4. The summed E-state index contributed by atoms with van der Waals surface area (Å²) in [6.07, 6.45) is 6.94. The van der Waals surface area contributed by atoms with Crippen molar-refractivity contribution in [1.82, 2.24) is 30.5 Å². The van der Waals surface area contributed by atoms with Gasteiger partial charge in [0.2, 0.25) is 11.8 Å². The van der Waals surface area contributed by atoms with Gasteiger partial charge in [-0.2, -0.15) is 26.3 Å². The predicted molar refractivity (Wildman–Crippen MR) is 186 cm³/mol. The molecule has 6 rings (SSSR count). The fraction of sp³-hybridized carbons (Fsp3) is 0.500. The van der Waals surface area contributed by atoms with Gasteiger partial charge in [0.05, 0.1) is 13.2 Å². The molecule has 1 saturated heterocycles. The van der Waals surface area contributed by atoms with Gasteiger partial charge in [-0.15, -0.1) is 0 Å². The number of fused-ring (bicyclic) bond motifs is 2. The number of carbonyl (C=O) groups is 4. The van der Waals surface area contributed by atoms with Gasteiger partial charge in [0, 0.05) is 35.4 Å². The van der Waals surface area contributed by atoms with E-state index < -0.39 is 53.1 Å². The van der Waals surface area contributed by atoms with Gasteiger partial charge in [-0.1, -0.05) is 25.0 Å². The van der Waals surface area contributed by atoms with Crippen molar-refractivity contribution in [2.75, 3.05) is 13.7 Å². The van der Waals surface area contributed by atoms with Crippen LogP contribution in [-0.4, -0.2) is 85.8 Å². The summed E-state index contributed by atoms with van der Waals surface area (Å²) in [5.41, 5.74) is 0.766. The van der Waals surface area contributed by atoms with Crippen molar-refractivity contribution in [2.45, 2.75) is 95.0 Å². The zero-order chi connectivity index (χ0) is 35.6. The van der Waals surface area contributed by atoms with Crippen LogP contribution in [0.2, 0.25) is 0 Å². The number of ether oxygens (including phenoxy) is 2. The summed E-state index contributed by atoms with van der Waals surface area (Å²) in [6, 6.07) is 6.95. The third-order valence-electron chi connectivity index (χ3n) is 9.44. The molecule has 3 amide bonds. The molecule has 266 valence electrons. The fourth-order valence-electron chi connectivity index (χ4n) is 6.72. The van der Waals surface area contributed by atoms with E-state index in [4.69, 9.17) is 19.7 Å². The van der Waals surface area contributed by atoms with E-state index >= 15 is 0 Å². The molecule has 2 aromatic heterocycles. The normalized spacial score (nSPS) is 26.4. The summed E-state index contributed by atoms with van der Waals surface area (Å²) in [5, 5.41) is 29.5. The van der Waals surface area contributed by atoms with Crippen molar-refractivity contribution >= 4 is 35.2 Å². The summed E-state index contributed by atoms with van der Waals surface area (Å²) in [6.45, 7) is 5.31. The van der Waals surface area contributed by atoms with Crippen LogP contribution in [0.4, 0.5) is 4.79 Å². The number of benzene rings is 1. The highest BCUT2D eigenvalue weighted by Crippen LogP contribution is 2.46. The minimum atomic E-state index is -1.44. The lowest BCUT2D eigenvalue weighted by molar-refractivity contribution is -0.145. The Morgan fingerprint density at radius 3 is 2.46 bits per heavy atom. The molecule has 1 aromatic carbocycles. The Balaban J connectivity index is 1.35. The molecule has 0 radical (unpaired) electrons. The van der Waals surface area contributed by atoms with Crippen molar-refractivity contribution in [3.05, 3.63) is 53.2 Å². The molecule has 1 aliphatic carbocycles. The van der Waals surface area contributed by atoms with Crippen molar-refractivity contribution in [3.8, 4) is 28.3 Å². The zero-order valence-corrected chi connectivity index (χ0v) is 29.6. The van der Waals surface area contributed by atoms with Crippen LogP contribution in [0.3, 0.4) is 0 Å². The molecule has 50 heavy (non-hydrogen) atoms. The van der Waals surface area contributed by atoms with E-state index in [1.54, 1.807) is 32.7 Å². The van der Waals surface area contributed by atoms with Crippen LogP contribution in [0, 0.1) is 5.92 Å². The van der Waals surface area contributed by atoms with Gasteiger partial charge in [0.25, 0.3) is 0 Å². The highest BCUT2D eigenvalue weighted by molar-refractivity contribution is 7.08. The maximum absolute atomic E-state index is 14.4. The highest BCUT2D eigenvalue weighted by Gasteiger charge is 2.61. The molecule has 4 heterocycles. The maximum atomic E-state index is 14.4. The molecular formula is C36H44N6O7S. The van der Waals surface area contributed by atoms with Crippen molar-refractivity contribution < 1.29 is 33.8 Å². The van der Waals surface area contributed by atoms with E-state index in [-0.39, 0.29) is 25.3 Å². The van der Waals surface area contributed by atoms with E-state index in [9.17, 15) is 24.3 Å². The molecule has 14 heteroatoms. The van der Waals surface area contributed by atoms with Crippen LogP contribution in [0.5, 0.6) is 5.75 Å². The van der Waals surface area contributed by atoms with Crippen LogP contribution < -0.4 is 15.4 Å². The first-order valence-electron chi connectivity index (χ1n) is 17.0. The number of alkyl carbamates (subject to hydrolysis) is 1. The van der Waals surface area contributed by atoms with Crippen LogP contribution in [0.1, 0.15) is 71.8 Å². The SMILES string of the molecule is COc1ccc(-c2nn([C@H]3C[C@H]4C(=O)N[C@@]5(C(=O)O)C[C@H]5/C=C\CCCCC[C@H](NC(=O)OC(C)(C)C)C(=O)N4C3)nc2-c2ccsc2)cc1. The smallest absolute Gasteiger partial charge is 0.408 e. The van der Waals surface area contributed by atoms with Gasteiger partial charge in [-0.05, 0) is 82.2 Å². The lowest BCUT2D eigenvalue weighted by atomic mass is 10.0. The predicted octanol–water partition coefficient (Wildman–Crippen LogP) is 5.20. The number of thiophene rings is 1. The molecule has 2 aliphatic heterocycles. The van der Waals surface area contributed by atoms with Crippen LogP contribution in [0.15, 0.2) is 53.2 Å². The third kappa shape index (κ3) is 7.54. The molecule has 0 bridgehead atoms. The Labute approximate surface area is 295 Å². The van der Waals surface area contributed by atoms with Gasteiger partial charge in [0.1, 0.15) is 40.4 Å². The fourth-order valence-corrected chi connectivity index (χ4v) is 7.36. The number of amides is 3. The summed E-state index contributed by atoms with van der Waals surface area (Å²) >= 11 is 1.53. The lowest BCUT2D eigenvalue weighted by Gasteiger charge is -2.30. The van der Waals surface area contributed by atoms with Gasteiger partial charge in [0.15, 0.2) is 0 Å². The van der Waals surface area contributed by atoms with Crippen molar-refractivity contribution in [2.24, 2.45) is 5.92 Å². The number of nitrogens with one attached hydrogen (secondary N) is 2. The third-order valence-corrected chi connectivity index (χ3v) is 10.1. The largest absolute Gasteiger partial charge is 0.497 e. The van der Waals surface area contributed by atoms with Gasteiger partial charge in [-0.25, -0.2) is 9.59 Å². The standard InChI is InChI=1S/C36H44N6O7S/c1-35(2,3)49-34(47)37-27-11-9-7-5-6-8-10-24-19-36(24,33(45)46)38-31(43)28-18-25(20-41(28)32(27)44)42-39-29(22-12-14-26(48-4)15-13-22)30(40-42)23-16-17-50-21-23/h8,10,12-17,21,24-25,27-28H,5-7,9,11,18-20H2,1-4H3,(H,37,47)(H,38,43)(H,45,46)/b10-8-/t24-,25+,27+,28+,36+/m1/s1. The summed E-state index contributed by atoms with van der Waals surface area (Å²) in [4.78, 5) is 57.0. The number of carboxylic acid groups (broad SMARTS) is 1. The summed E-state index contributed by atoms with van der Waals surface area (Å²) in [5.74, 6) is -1.76. The number of carbonyl (C=O) groups excluding carboxylic acids is 3. The minimum absolute atomic E-state index is 0.0760. The van der Waals surface area contributed by atoms with Gasteiger partial charge >= 0.3 is 12.1 Å². The first kappa shape index (κ1) is 35.1. The zero-order valence-electron chi connectivity index (χ0n) is 28.8. The number of rotatable bonds is 6. The summed E-state index contributed by atoms with van der Waals surface area (Å²) < 4.78 is 10.8. The Kier molecular flexibility index (Phi) is 10.0. The quantitative estimate of drug-likeness (QED) is 0.293. The Morgan fingerprint density at radius 1 is 1.06 bits per heavy atom. The molecule has 3 aromatic rings. The van der Waals surface area contributed by atoms with E-state index in [0.717, 1.165) is 30.4 Å². The van der Waals surface area contributed by atoms with Crippen LogP contribution in [-0.2, 0) is 19.1 Å². The second-order valence-corrected chi connectivity index (χ2v) is 15.0. The number of methoxy groups -OCH3 is 1. The molecule has 0 unspecified atom stereocenters.